The van der Waals surface area contributed by atoms with Gasteiger partial charge in [-0.2, -0.15) is 0 Å². The first-order chi connectivity index (χ1) is 12.0. The van der Waals surface area contributed by atoms with E-state index in [0.29, 0.717) is 24.4 Å². The molecule has 0 aliphatic heterocycles. The van der Waals surface area contributed by atoms with Crippen molar-refractivity contribution in [2.75, 3.05) is 6.61 Å². The number of rotatable bonds is 4. The van der Waals surface area contributed by atoms with Gasteiger partial charge in [-0.3, -0.25) is 0 Å². The minimum absolute atomic E-state index is 0.251. The average Bonchev–Trinajstić information content (AvgIpc) is 2.82. The summed E-state index contributed by atoms with van der Waals surface area (Å²) in [6, 6.07) is 8.30. The third kappa shape index (κ3) is 11.3. The number of benzene rings is 1. The minimum atomic E-state index is -0.879. The Balaban J connectivity index is 0.000000451. The second-order valence-corrected chi connectivity index (χ2v) is 4.66. The van der Waals surface area contributed by atoms with Crippen LogP contribution in [-0.4, -0.2) is 23.5 Å². The molecule has 1 aromatic rings. The molecule has 0 radical (unpaired) electrons. The van der Waals surface area contributed by atoms with Crippen LogP contribution in [0.3, 0.4) is 0 Å². The lowest BCUT2D eigenvalue weighted by Gasteiger charge is -2.01. The summed E-state index contributed by atoms with van der Waals surface area (Å²) in [6.45, 7) is 5.98. The summed E-state index contributed by atoms with van der Waals surface area (Å²) in [5.74, 6) is -0.759. The second kappa shape index (κ2) is 13.5. The third-order valence-corrected chi connectivity index (χ3v) is 2.61. The molecule has 25 heavy (non-hydrogen) atoms. The first-order valence-electron chi connectivity index (χ1n) is 7.91. The van der Waals surface area contributed by atoms with E-state index in [1.54, 1.807) is 49.4 Å². The van der Waals surface area contributed by atoms with Crippen LogP contribution >= 0.6 is 0 Å². The monoisotopic (exact) mass is 348 g/mol. The molecule has 1 aliphatic rings. The largest absolute Gasteiger partial charge is 0.478 e. The van der Waals surface area contributed by atoms with Crippen molar-refractivity contribution < 1.29 is 19.1 Å². The predicted molar refractivity (Wildman–Crippen MR) is 99.0 cm³/mol. The number of allylic oxidation sites excluding steroid dienone is 5. The highest BCUT2D eigenvalue weighted by molar-refractivity contribution is 5.87. The number of hydrogen-bond acceptors (Lipinski definition) is 3. The number of carbonyl (C=O) groups is 1. The van der Waals surface area contributed by atoms with Crippen molar-refractivity contribution in [2.45, 2.75) is 27.2 Å². The summed E-state index contributed by atoms with van der Waals surface area (Å²) in [6.07, 6.45) is 6.94. The van der Waals surface area contributed by atoms with Crippen LogP contribution < -0.4 is 5.73 Å². The first kappa shape index (κ1) is 22.1. The SMILES string of the molecule is C/C(N)=N/OCC1=CC=C(F)C=CC1.CC.O=C(O)c1ccccc1. The van der Waals surface area contributed by atoms with E-state index in [4.69, 9.17) is 15.7 Å². The maximum absolute atomic E-state index is 12.7. The van der Waals surface area contributed by atoms with Gasteiger partial charge in [0.2, 0.25) is 0 Å². The average molecular weight is 348 g/mol. The molecule has 3 N–H and O–H groups in total. The van der Waals surface area contributed by atoms with Gasteiger partial charge >= 0.3 is 5.97 Å². The minimum Gasteiger partial charge on any atom is -0.478 e. The van der Waals surface area contributed by atoms with Gasteiger partial charge in [0.1, 0.15) is 18.3 Å². The van der Waals surface area contributed by atoms with E-state index in [1.807, 2.05) is 13.8 Å². The van der Waals surface area contributed by atoms with Gasteiger partial charge in [0.15, 0.2) is 0 Å². The molecule has 6 heteroatoms. The summed E-state index contributed by atoms with van der Waals surface area (Å²) in [5.41, 5.74) is 6.57. The summed E-state index contributed by atoms with van der Waals surface area (Å²) in [7, 11) is 0. The maximum Gasteiger partial charge on any atom is 0.335 e. The van der Waals surface area contributed by atoms with E-state index in [-0.39, 0.29) is 5.83 Å². The molecule has 0 atom stereocenters. The summed E-state index contributed by atoms with van der Waals surface area (Å²) in [4.78, 5) is 15.1. The van der Waals surface area contributed by atoms with Gasteiger partial charge in [-0.05, 0) is 43.2 Å². The molecule has 0 saturated carbocycles. The Morgan fingerprint density at radius 2 is 1.92 bits per heavy atom. The molecule has 0 bridgehead atoms. The zero-order chi connectivity index (χ0) is 19.1. The Morgan fingerprint density at radius 3 is 2.44 bits per heavy atom. The van der Waals surface area contributed by atoms with Gasteiger partial charge in [-0.1, -0.05) is 49.4 Å². The van der Waals surface area contributed by atoms with Crippen LogP contribution in [0.4, 0.5) is 4.39 Å². The van der Waals surface area contributed by atoms with E-state index in [9.17, 15) is 9.18 Å². The van der Waals surface area contributed by atoms with Crippen molar-refractivity contribution in [1.29, 1.82) is 0 Å². The molecule has 0 unspecified atom stereocenters. The number of nitrogens with zero attached hydrogens (tertiary/aromatic N) is 1. The lowest BCUT2D eigenvalue weighted by Crippen LogP contribution is -2.06. The molecule has 0 fully saturated rings. The fourth-order valence-electron chi connectivity index (χ4n) is 1.55. The van der Waals surface area contributed by atoms with Crippen LogP contribution in [0.5, 0.6) is 0 Å². The molecule has 1 aromatic carbocycles. The molecular weight excluding hydrogens is 323 g/mol. The summed E-state index contributed by atoms with van der Waals surface area (Å²) < 4.78 is 12.7. The molecule has 5 nitrogen and oxygen atoms in total. The van der Waals surface area contributed by atoms with Gasteiger partial charge in [0.25, 0.3) is 0 Å². The molecule has 1 aliphatic carbocycles. The van der Waals surface area contributed by atoms with Crippen LogP contribution in [0.1, 0.15) is 37.6 Å². The van der Waals surface area contributed by atoms with Gasteiger partial charge < -0.3 is 15.7 Å². The van der Waals surface area contributed by atoms with Crippen molar-refractivity contribution in [1.82, 2.24) is 0 Å². The van der Waals surface area contributed by atoms with E-state index in [1.165, 1.54) is 12.2 Å². The molecule has 0 heterocycles. The smallest absolute Gasteiger partial charge is 0.335 e. The number of oxime groups is 1. The van der Waals surface area contributed by atoms with Crippen molar-refractivity contribution in [3.8, 4) is 0 Å². The molecule has 0 saturated heterocycles. The van der Waals surface area contributed by atoms with E-state index >= 15 is 0 Å². The molecule has 2 rings (SSSR count). The standard InChI is InChI=1S/C10H13FN2O.C7H6O2.C2H6/c1-8(12)13-14-7-9-3-2-4-10(11)6-5-9;8-7(9)6-4-2-1-3-5-6;1-2/h2,4-6H,3,7H2,1H3,(H2,12,13);1-5H,(H,8,9);1-2H3. The van der Waals surface area contributed by atoms with Gasteiger partial charge in [0, 0.05) is 0 Å². The van der Waals surface area contributed by atoms with E-state index in [2.05, 4.69) is 5.16 Å². The number of aromatic carboxylic acids is 1. The fraction of sp³-hybridized carbons (Fsp3) is 0.263. The zero-order valence-corrected chi connectivity index (χ0v) is 14.8. The Hall–Kier alpha value is -2.89. The number of carboxylic acids is 1. The summed E-state index contributed by atoms with van der Waals surface area (Å²) in [5, 5.41) is 12.0. The normalized spacial score (nSPS) is 13.0. The third-order valence-electron chi connectivity index (χ3n) is 2.61. The molecule has 0 aromatic heterocycles. The predicted octanol–water partition coefficient (Wildman–Crippen LogP) is 4.45. The second-order valence-electron chi connectivity index (χ2n) is 4.66. The lowest BCUT2D eigenvalue weighted by atomic mass is 10.2. The number of amidine groups is 1. The first-order valence-corrected chi connectivity index (χ1v) is 7.91. The van der Waals surface area contributed by atoms with Gasteiger partial charge in [-0.15, -0.1) is 0 Å². The number of carboxylic acid groups (broad SMARTS) is 1. The van der Waals surface area contributed by atoms with Gasteiger partial charge in [0.05, 0.1) is 5.56 Å². The van der Waals surface area contributed by atoms with Crippen molar-refractivity contribution in [2.24, 2.45) is 10.9 Å². The molecule has 0 amide bonds. The van der Waals surface area contributed by atoms with Crippen LogP contribution in [0, 0.1) is 0 Å². The Bertz CT molecular complexity index is 631. The maximum atomic E-state index is 12.7. The van der Waals surface area contributed by atoms with Crippen LogP contribution in [0.2, 0.25) is 0 Å². The zero-order valence-electron chi connectivity index (χ0n) is 14.8. The molecule has 0 spiro atoms. The van der Waals surface area contributed by atoms with Crippen LogP contribution in [0.15, 0.2) is 71.2 Å². The fourth-order valence-corrected chi connectivity index (χ4v) is 1.55. The number of hydrogen-bond donors (Lipinski definition) is 2. The highest BCUT2D eigenvalue weighted by atomic mass is 19.1. The Morgan fingerprint density at radius 1 is 1.28 bits per heavy atom. The highest BCUT2D eigenvalue weighted by Gasteiger charge is 1.99. The van der Waals surface area contributed by atoms with E-state index < -0.39 is 5.97 Å². The Kier molecular flexibility index (Phi) is 12.0. The van der Waals surface area contributed by atoms with E-state index in [0.717, 1.165) is 5.57 Å². The van der Waals surface area contributed by atoms with Crippen molar-refractivity contribution in [3.63, 3.8) is 0 Å². The van der Waals surface area contributed by atoms with Crippen LogP contribution in [0.25, 0.3) is 0 Å². The van der Waals surface area contributed by atoms with Crippen LogP contribution in [-0.2, 0) is 4.84 Å². The quantitative estimate of drug-likeness (QED) is 0.478. The lowest BCUT2D eigenvalue weighted by molar-refractivity contribution is 0.0697. The van der Waals surface area contributed by atoms with Crippen molar-refractivity contribution in [3.05, 3.63) is 71.6 Å². The van der Waals surface area contributed by atoms with Crippen molar-refractivity contribution >= 4 is 11.8 Å². The molecule has 136 valence electrons. The van der Waals surface area contributed by atoms with Gasteiger partial charge in [-0.25, -0.2) is 9.18 Å². The Labute approximate surface area is 148 Å². The number of nitrogens with two attached hydrogens (primary N) is 1. The highest BCUT2D eigenvalue weighted by Crippen LogP contribution is 2.12. The summed E-state index contributed by atoms with van der Waals surface area (Å²) >= 11 is 0. The molecular formula is C19H25FN2O3. The topological polar surface area (TPSA) is 84.9 Å². The number of halogens is 1.